The van der Waals surface area contributed by atoms with Crippen LogP contribution >= 0.6 is 0 Å². The zero-order valence-electron chi connectivity index (χ0n) is 13.3. The van der Waals surface area contributed by atoms with E-state index < -0.39 is 6.10 Å². The van der Waals surface area contributed by atoms with Crippen LogP contribution in [0.15, 0.2) is 72.9 Å². The topological polar surface area (TPSA) is 55.2 Å². The number of aromatic hydroxyl groups is 1. The van der Waals surface area contributed by atoms with Gasteiger partial charge >= 0.3 is 0 Å². The van der Waals surface area contributed by atoms with Crippen LogP contribution in [0.3, 0.4) is 0 Å². The van der Waals surface area contributed by atoms with Crippen LogP contribution in [0, 0.1) is 0 Å². The SMILES string of the molecule is Oc1ccccc1C1Oc2ccccc2-c2nc3ncccc3cc21. The van der Waals surface area contributed by atoms with Crippen molar-refractivity contribution in [2.24, 2.45) is 0 Å². The van der Waals surface area contributed by atoms with Crippen LogP contribution in [-0.4, -0.2) is 15.1 Å². The molecule has 5 rings (SSSR count). The minimum atomic E-state index is -0.414. The van der Waals surface area contributed by atoms with Crippen molar-refractivity contribution in [3.8, 4) is 22.8 Å². The number of phenols is 1. The normalized spacial score (nSPS) is 15.3. The summed E-state index contributed by atoms with van der Waals surface area (Å²) in [6.45, 7) is 0. The van der Waals surface area contributed by atoms with Gasteiger partial charge in [0.05, 0.1) is 5.69 Å². The Labute approximate surface area is 144 Å². The lowest BCUT2D eigenvalue weighted by Crippen LogP contribution is -2.16. The van der Waals surface area contributed by atoms with E-state index in [1.807, 2.05) is 48.5 Å². The van der Waals surface area contributed by atoms with E-state index in [0.29, 0.717) is 5.65 Å². The molecule has 0 saturated heterocycles. The third kappa shape index (κ3) is 2.15. The lowest BCUT2D eigenvalue weighted by Gasteiger charge is -2.29. The summed E-state index contributed by atoms with van der Waals surface area (Å²) in [7, 11) is 0. The second-order valence-corrected chi connectivity index (χ2v) is 6.03. The van der Waals surface area contributed by atoms with E-state index in [1.165, 1.54) is 0 Å². The largest absolute Gasteiger partial charge is 0.508 e. The van der Waals surface area contributed by atoms with Crippen LogP contribution in [0.4, 0.5) is 0 Å². The summed E-state index contributed by atoms with van der Waals surface area (Å²) in [4.78, 5) is 9.17. The van der Waals surface area contributed by atoms with Gasteiger partial charge in [-0.05, 0) is 36.4 Å². The van der Waals surface area contributed by atoms with Gasteiger partial charge in [0.25, 0.3) is 0 Å². The molecular weight excluding hydrogens is 312 g/mol. The molecule has 0 radical (unpaired) electrons. The fraction of sp³-hybridized carbons (Fsp3) is 0.0476. The van der Waals surface area contributed by atoms with Crippen molar-refractivity contribution in [1.29, 1.82) is 0 Å². The summed E-state index contributed by atoms with van der Waals surface area (Å²) in [6, 6.07) is 21.0. The maximum absolute atomic E-state index is 10.3. The smallest absolute Gasteiger partial charge is 0.159 e. The number of phenolic OH excluding ortho intramolecular Hbond substituents is 1. The molecule has 1 aliphatic rings. The standard InChI is InChI=1S/C21H14N2O2/c24-17-9-3-1-7-14(17)20-16-12-13-6-5-11-22-21(13)23-19(16)15-8-2-4-10-18(15)25-20/h1-12,20,24H. The quantitative estimate of drug-likeness (QED) is 0.560. The van der Waals surface area contributed by atoms with Crippen molar-refractivity contribution in [1.82, 2.24) is 9.97 Å². The summed E-state index contributed by atoms with van der Waals surface area (Å²) in [5.74, 6) is 0.968. The van der Waals surface area contributed by atoms with Gasteiger partial charge in [0.15, 0.2) is 11.8 Å². The van der Waals surface area contributed by atoms with Crippen LogP contribution in [0.25, 0.3) is 22.3 Å². The Kier molecular flexibility index (Phi) is 2.97. The van der Waals surface area contributed by atoms with Gasteiger partial charge in [-0.1, -0.05) is 30.3 Å². The maximum atomic E-state index is 10.3. The molecule has 1 unspecified atom stereocenters. The predicted molar refractivity (Wildman–Crippen MR) is 95.6 cm³/mol. The van der Waals surface area contributed by atoms with Crippen LogP contribution in [0.5, 0.6) is 11.5 Å². The third-order valence-electron chi connectivity index (χ3n) is 4.51. The van der Waals surface area contributed by atoms with Crippen LogP contribution in [-0.2, 0) is 0 Å². The van der Waals surface area contributed by atoms with E-state index in [1.54, 1.807) is 18.3 Å². The molecule has 0 fully saturated rings. The number of para-hydroxylation sites is 2. The first-order valence-corrected chi connectivity index (χ1v) is 8.11. The number of rotatable bonds is 1. The van der Waals surface area contributed by atoms with E-state index in [9.17, 15) is 5.11 Å². The van der Waals surface area contributed by atoms with Crippen LogP contribution in [0.1, 0.15) is 17.2 Å². The molecule has 4 aromatic rings. The monoisotopic (exact) mass is 326 g/mol. The molecule has 1 atom stereocenters. The van der Waals surface area contributed by atoms with E-state index in [2.05, 4.69) is 11.1 Å². The molecule has 0 bridgehead atoms. The fourth-order valence-electron chi connectivity index (χ4n) is 3.33. The number of ether oxygens (including phenoxy) is 1. The Morgan fingerprint density at radius 1 is 0.880 bits per heavy atom. The van der Waals surface area contributed by atoms with Gasteiger partial charge in [-0.3, -0.25) is 0 Å². The summed E-state index contributed by atoms with van der Waals surface area (Å²) in [5, 5.41) is 11.3. The molecule has 0 aliphatic carbocycles. The molecule has 0 saturated carbocycles. The zero-order chi connectivity index (χ0) is 16.8. The van der Waals surface area contributed by atoms with Gasteiger partial charge < -0.3 is 9.84 Å². The highest BCUT2D eigenvalue weighted by atomic mass is 16.5. The molecule has 0 amide bonds. The fourth-order valence-corrected chi connectivity index (χ4v) is 3.33. The number of aromatic nitrogens is 2. The summed E-state index contributed by atoms with van der Waals surface area (Å²) in [6.07, 6.45) is 1.33. The Hall–Kier alpha value is -3.40. The molecule has 1 N–H and O–H groups in total. The van der Waals surface area contributed by atoms with E-state index in [-0.39, 0.29) is 5.75 Å². The van der Waals surface area contributed by atoms with Crippen molar-refractivity contribution in [2.45, 2.75) is 6.10 Å². The summed E-state index contributed by atoms with van der Waals surface area (Å²) in [5.41, 5.74) is 4.15. The molecule has 120 valence electrons. The molecule has 3 heterocycles. The van der Waals surface area contributed by atoms with Crippen molar-refractivity contribution < 1.29 is 9.84 Å². The lowest BCUT2D eigenvalue weighted by atomic mass is 9.92. The summed E-state index contributed by atoms with van der Waals surface area (Å²) < 4.78 is 6.25. The van der Waals surface area contributed by atoms with Crippen LogP contribution in [0.2, 0.25) is 0 Å². The molecule has 4 nitrogen and oxygen atoms in total. The maximum Gasteiger partial charge on any atom is 0.159 e. The molecule has 1 aliphatic heterocycles. The average molecular weight is 326 g/mol. The number of hydrogen-bond acceptors (Lipinski definition) is 4. The van der Waals surface area contributed by atoms with Crippen molar-refractivity contribution in [3.63, 3.8) is 0 Å². The van der Waals surface area contributed by atoms with E-state index in [4.69, 9.17) is 9.72 Å². The first-order valence-electron chi connectivity index (χ1n) is 8.11. The Morgan fingerprint density at radius 2 is 1.72 bits per heavy atom. The van der Waals surface area contributed by atoms with Gasteiger partial charge in [-0.25, -0.2) is 9.97 Å². The van der Waals surface area contributed by atoms with E-state index >= 15 is 0 Å². The lowest BCUT2D eigenvalue weighted by molar-refractivity contribution is 0.238. The van der Waals surface area contributed by atoms with Crippen molar-refractivity contribution in [3.05, 3.63) is 84.1 Å². The Bertz CT molecular complexity index is 1110. The highest BCUT2D eigenvalue weighted by Gasteiger charge is 2.30. The van der Waals surface area contributed by atoms with Gasteiger partial charge in [0.1, 0.15) is 11.5 Å². The number of fused-ring (bicyclic) bond motifs is 4. The molecule has 0 spiro atoms. The van der Waals surface area contributed by atoms with Gasteiger partial charge in [0, 0.05) is 28.3 Å². The van der Waals surface area contributed by atoms with Crippen molar-refractivity contribution >= 4 is 11.0 Å². The highest BCUT2D eigenvalue weighted by Crippen LogP contribution is 2.45. The predicted octanol–water partition coefficient (Wildman–Crippen LogP) is 4.48. The zero-order valence-corrected chi connectivity index (χ0v) is 13.3. The van der Waals surface area contributed by atoms with Crippen molar-refractivity contribution in [2.75, 3.05) is 0 Å². The minimum Gasteiger partial charge on any atom is -0.508 e. The third-order valence-corrected chi connectivity index (χ3v) is 4.51. The minimum absolute atomic E-state index is 0.212. The number of pyridine rings is 2. The van der Waals surface area contributed by atoms with Gasteiger partial charge in [-0.15, -0.1) is 0 Å². The number of benzene rings is 2. The number of hydrogen-bond donors (Lipinski definition) is 1. The Morgan fingerprint density at radius 3 is 2.64 bits per heavy atom. The second-order valence-electron chi connectivity index (χ2n) is 6.03. The number of nitrogens with zero attached hydrogens (tertiary/aromatic N) is 2. The molecule has 25 heavy (non-hydrogen) atoms. The second kappa shape index (κ2) is 5.31. The Balaban J connectivity index is 1.83. The van der Waals surface area contributed by atoms with Crippen LogP contribution < -0.4 is 4.74 Å². The summed E-state index contributed by atoms with van der Waals surface area (Å²) >= 11 is 0. The highest BCUT2D eigenvalue weighted by molar-refractivity contribution is 5.83. The molecule has 4 heteroatoms. The first kappa shape index (κ1) is 14.0. The van der Waals surface area contributed by atoms with Gasteiger partial charge in [-0.2, -0.15) is 0 Å². The molecular formula is C21H14N2O2. The first-order chi connectivity index (χ1) is 12.3. The van der Waals surface area contributed by atoms with E-state index in [0.717, 1.165) is 33.5 Å². The average Bonchev–Trinajstić information content (AvgIpc) is 2.66. The molecule has 2 aromatic carbocycles. The van der Waals surface area contributed by atoms with Gasteiger partial charge in [0.2, 0.25) is 0 Å². The molecule has 2 aromatic heterocycles.